The smallest absolute Gasteiger partial charge is 0.143 e. The van der Waals surface area contributed by atoms with E-state index in [1.54, 1.807) is 6.92 Å². The SMILES string of the molecule is CC(=O)C1C(=O)CC(C)C2CCC(C)CC12. The molecule has 0 heterocycles. The van der Waals surface area contributed by atoms with E-state index < -0.39 is 0 Å². The van der Waals surface area contributed by atoms with Crippen molar-refractivity contribution in [2.45, 2.75) is 46.5 Å². The van der Waals surface area contributed by atoms with Crippen molar-refractivity contribution < 1.29 is 9.59 Å². The van der Waals surface area contributed by atoms with Gasteiger partial charge in [-0.2, -0.15) is 0 Å². The van der Waals surface area contributed by atoms with E-state index in [4.69, 9.17) is 0 Å². The summed E-state index contributed by atoms with van der Waals surface area (Å²) < 4.78 is 0. The fraction of sp³-hybridized carbons (Fsp3) is 0.857. The predicted octanol–water partition coefficient (Wildman–Crippen LogP) is 2.85. The Morgan fingerprint density at radius 1 is 1.19 bits per heavy atom. The first-order chi connectivity index (χ1) is 7.50. The molecule has 0 saturated heterocycles. The van der Waals surface area contributed by atoms with Crippen LogP contribution < -0.4 is 0 Å². The van der Waals surface area contributed by atoms with Gasteiger partial charge in [0, 0.05) is 6.42 Å². The highest BCUT2D eigenvalue weighted by Crippen LogP contribution is 2.47. The molecule has 0 spiro atoms. The van der Waals surface area contributed by atoms with Crippen molar-refractivity contribution in [1.29, 1.82) is 0 Å². The maximum Gasteiger partial charge on any atom is 0.143 e. The molecular weight excluding hydrogens is 200 g/mol. The second kappa shape index (κ2) is 4.31. The fourth-order valence-corrected chi connectivity index (χ4v) is 3.90. The molecule has 0 amide bonds. The summed E-state index contributed by atoms with van der Waals surface area (Å²) in [4.78, 5) is 23.6. The van der Waals surface area contributed by atoms with Crippen molar-refractivity contribution in [1.82, 2.24) is 0 Å². The molecule has 2 nitrogen and oxygen atoms in total. The molecule has 0 N–H and O–H groups in total. The second-order valence-corrected chi connectivity index (χ2v) is 5.98. The van der Waals surface area contributed by atoms with Crippen LogP contribution in [0.2, 0.25) is 0 Å². The lowest BCUT2D eigenvalue weighted by molar-refractivity contribution is -0.141. The lowest BCUT2D eigenvalue weighted by atomic mass is 9.58. The molecule has 2 aliphatic carbocycles. The van der Waals surface area contributed by atoms with E-state index in [0.29, 0.717) is 30.1 Å². The van der Waals surface area contributed by atoms with Gasteiger partial charge in [-0.3, -0.25) is 9.59 Å². The predicted molar refractivity (Wildman–Crippen MR) is 63.0 cm³/mol. The molecule has 2 fully saturated rings. The van der Waals surface area contributed by atoms with E-state index in [2.05, 4.69) is 13.8 Å². The lowest BCUT2D eigenvalue weighted by Gasteiger charge is -2.45. The van der Waals surface area contributed by atoms with Crippen LogP contribution in [0.1, 0.15) is 46.5 Å². The molecule has 0 aromatic carbocycles. The summed E-state index contributed by atoms with van der Waals surface area (Å²) in [6, 6.07) is 0. The van der Waals surface area contributed by atoms with Crippen LogP contribution in [0.5, 0.6) is 0 Å². The molecule has 16 heavy (non-hydrogen) atoms. The minimum Gasteiger partial charge on any atom is -0.299 e. The van der Waals surface area contributed by atoms with Crippen LogP contribution >= 0.6 is 0 Å². The van der Waals surface area contributed by atoms with Gasteiger partial charge in [0.05, 0.1) is 5.92 Å². The molecule has 0 aliphatic heterocycles. The summed E-state index contributed by atoms with van der Waals surface area (Å²) in [6.45, 7) is 6.02. The molecule has 5 atom stereocenters. The van der Waals surface area contributed by atoms with Crippen molar-refractivity contribution >= 4 is 11.6 Å². The van der Waals surface area contributed by atoms with Crippen LogP contribution in [0.15, 0.2) is 0 Å². The van der Waals surface area contributed by atoms with Gasteiger partial charge in [-0.1, -0.05) is 20.3 Å². The highest BCUT2D eigenvalue weighted by molar-refractivity contribution is 6.02. The summed E-state index contributed by atoms with van der Waals surface area (Å²) in [5, 5.41) is 0. The summed E-state index contributed by atoms with van der Waals surface area (Å²) in [7, 11) is 0. The Bertz CT molecular complexity index is 308. The number of hydrogen-bond acceptors (Lipinski definition) is 2. The molecule has 2 aliphatic rings. The van der Waals surface area contributed by atoms with Crippen molar-refractivity contribution in [3.8, 4) is 0 Å². The first-order valence-corrected chi connectivity index (χ1v) is 6.54. The van der Waals surface area contributed by atoms with E-state index in [1.807, 2.05) is 0 Å². The van der Waals surface area contributed by atoms with Crippen LogP contribution in [0.4, 0.5) is 0 Å². The van der Waals surface area contributed by atoms with Crippen molar-refractivity contribution in [2.75, 3.05) is 0 Å². The topological polar surface area (TPSA) is 34.1 Å². The number of rotatable bonds is 1. The van der Waals surface area contributed by atoms with E-state index >= 15 is 0 Å². The van der Waals surface area contributed by atoms with E-state index in [9.17, 15) is 9.59 Å². The molecule has 2 rings (SSSR count). The molecule has 0 aromatic rings. The molecule has 90 valence electrons. The van der Waals surface area contributed by atoms with Crippen LogP contribution in [0.3, 0.4) is 0 Å². The van der Waals surface area contributed by atoms with Gasteiger partial charge in [-0.25, -0.2) is 0 Å². The van der Waals surface area contributed by atoms with Crippen LogP contribution in [-0.4, -0.2) is 11.6 Å². The highest BCUT2D eigenvalue weighted by Gasteiger charge is 2.46. The van der Waals surface area contributed by atoms with E-state index in [1.165, 1.54) is 12.8 Å². The zero-order chi connectivity index (χ0) is 11.9. The zero-order valence-electron chi connectivity index (χ0n) is 10.5. The average Bonchev–Trinajstić information content (AvgIpc) is 2.15. The normalized spacial score (nSPS) is 43.9. The minimum absolute atomic E-state index is 0.0981. The molecule has 0 aromatic heterocycles. The Labute approximate surface area is 97.8 Å². The number of ketones is 2. The van der Waals surface area contributed by atoms with Gasteiger partial charge in [0.1, 0.15) is 11.6 Å². The van der Waals surface area contributed by atoms with Gasteiger partial charge in [0.2, 0.25) is 0 Å². The Kier molecular flexibility index (Phi) is 3.18. The number of Topliss-reactive ketones (excluding diaryl/α,β-unsaturated/α-hetero) is 2. The third-order valence-corrected chi connectivity index (χ3v) is 4.68. The Morgan fingerprint density at radius 2 is 1.88 bits per heavy atom. The molecule has 5 unspecified atom stereocenters. The average molecular weight is 222 g/mol. The quantitative estimate of drug-likeness (QED) is 0.639. The lowest BCUT2D eigenvalue weighted by Crippen LogP contribution is -2.45. The number of carbonyl (C=O) groups excluding carboxylic acids is 2. The first kappa shape index (κ1) is 11.8. The van der Waals surface area contributed by atoms with Crippen molar-refractivity contribution in [3.63, 3.8) is 0 Å². The van der Waals surface area contributed by atoms with Gasteiger partial charge in [-0.05, 0) is 43.4 Å². The number of fused-ring (bicyclic) bond motifs is 1. The van der Waals surface area contributed by atoms with Crippen molar-refractivity contribution in [3.05, 3.63) is 0 Å². The molecule has 0 bridgehead atoms. The molecular formula is C14H22O2. The van der Waals surface area contributed by atoms with Crippen molar-refractivity contribution in [2.24, 2.45) is 29.6 Å². The summed E-state index contributed by atoms with van der Waals surface area (Å²) >= 11 is 0. The van der Waals surface area contributed by atoms with Crippen LogP contribution in [0, 0.1) is 29.6 Å². The zero-order valence-corrected chi connectivity index (χ0v) is 10.5. The first-order valence-electron chi connectivity index (χ1n) is 6.54. The molecule has 2 saturated carbocycles. The third kappa shape index (κ3) is 1.94. The van der Waals surface area contributed by atoms with Gasteiger partial charge in [0.15, 0.2) is 0 Å². The standard InChI is InChI=1S/C14H22O2/c1-8-4-5-11-9(2)7-13(16)14(10(3)15)12(11)6-8/h8-9,11-12,14H,4-7H2,1-3H3. The van der Waals surface area contributed by atoms with Crippen LogP contribution in [0.25, 0.3) is 0 Å². The molecule has 0 radical (unpaired) electrons. The highest BCUT2D eigenvalue weighted by atomic mass is 16.1. The van der Waals surface area contributed by atoms with Gasteiger partial charge in [0.25, 0.3) is 0 Å². The van der Waals surface area contributed by atoms with E-state index in [-0.39, 0.29) is 17.5 Å². The number of hydrogen-bond donors (Lipinski definition) is 0. The maximum atomic E-state index is 12.0. The summed E-state index contributed by atoms with van der Waals surface area (Å²) in [5.41, 5.74) is 0. The monoisotopic (exact) mass is 222 g/mol. The summed E-state index contributed by atoms with van der Waals surface area (Å²) in [6.07, 6.45) is 4.18. The second-order valence-electron chi connectivity index (χ2n) is 5.98. The minimum atomic E-state index is -0.274. The number of carbonyl (C=O) groups is 2. The van der Waals surface area contributed by atoms with Gasteiger partial charge in [-0.15, -0.1) is 0 Å². The Morgan fingerprint density at radius 3 is 2.50 bits per heavy atom. The molecule has 2 heteroatoms. The third-order valence-electron chi connectivity index (χ3n) is 4.68. The van der Waals surface area contributed by atoms with Crippen LogP contribution in [-0.2, 0) is 9.59 Å². The Hall–Kier alpha value is -0.660. The van der Waals surface area contributed by atoms with E-state index in [0.717, 1.165) is 6.42 Å². The van der Waals surface area contributed by atoms with Gasteiger partial charge >= 0.3 is 0 Å². The largest absolute Gasteiger partial charge is 0.299 e. The summed E-state index contributed by atoms with van der Waals surface area (Å²) in [5.74, 6) is 2.16. The maximum absolute atomic E-state index is 12.0. The Balaban J connectivity index is 2.24. The fourth-order valence-electron chi connectivity index (χ4n) is 3.90. The van der Waals surface area contributed by atoms with Gasteiger partial charge < -0.3 is 0 Å².